The van der Waals surface area contributed by atoms with E-state index in [1.807, 2.05) is 12.4 Å². The summed E-state index contributed by atoms with van der Waals surface area (Å²) in [6.45, 7) is 11.6. The van der Waals surface area contributed by atoms with Crippen molar-refractivity contribution < 1.29 is 0 Å². The standard InChI is InChI=1S/C26H26N2/c1-25(2,3)14-16-9-10-17-15-28-24-18-11-12-27-21-8-6-7-20(22(18)21)26(4,5)23(24)19(17)13-16/h6-13,15H,14H2,1-5H3. The molecule has 2 heterocycles. The smallest absolute Gasteiger partial charge is 0.0756 e. The van der Waals surface area contributed by atoms with Crippen LogP contribution in [0.15, 0.2) is 54.9 Å². The number of pyridine rings is 2. The van der Waals surface area contributed by atoms with E-state index in [0.717, 1.165) is 17.6 Å². The second kappa shape index (κ2) is 5.64. The van der Waals surface area contributed by atoms with Crippen molar-refractivity contribution in [1.29, 1.82) is 0 Å². The van der Waals surface area contributed by atoms with E-state index in [2.05, 4.69) is 82.1 Å². The highest BCUT2D eigenvalue weighted by atomic mass is 14.7. The fourth-order valence-corrected chi connectivity index (χ4v) is 4.88. The predicted molar refractivity (Wildman–Crippen MR) is 118 cm³/mol. The zero-order valence-electron chi connectivity index (χ0n) is 17.3. The van der Waals surface area contributed by atoms with Gasteiger partial charge < -0.3 is 0 Å². The van der Waals surface area contributed by atoms with Crippen LogP contribution in [0.4, 0.5) is 0 Å². The summed E-state index contributed by atoms with van der Waals surface area (Å²) in [6, 6.07) is 15.5. The molecule has 140 valence electrons. The van der Waals surface area contributed by atoms with Crippen LogP contribution in [-0.4, -0.2) is 9.97 Å². The Morgan fingerprint density at radius 3 is 2.57 bits per heavy atom. The molecular weight excluding hydrogens is 340 g/mol. The Morgan fingerprint density at radius 1 is 0.964 bits per heavy atom. The predicted octanol–water partition coefficient (Wildman–Crippen LogP) is 6.68. The van der Waals surface area contributed by atoms with Gasteiger partial charge in [-0.25, -0.2) is 0 Å². The van der Waals surface area contributed by atoms with Gasteiger partial charge in [-0.1, -0.05) is 65.0 Å². The SMILES string of the molecule is CC(C)(C)Cc1ccc2cnc3c(c2c1)C(C)(C)c1cccc2nccc-3c12. The molecule has 2 nitrogen and oxygen atoms in total. The molecule has 0 N–H and O–H groups in total. The molecule has 0 saturated carbocycles. The first-order chi connectivity index (χ1) is 13.3. The largest absolute Gasteiger partial charge is 0.256 e. The minimum Gasteiger partial charge on any atom is -0.256 e. The summed E-state index contributed by atoms with van der Waals surface area (Å²) in [5, 5.41) is 3.80. The number of hydrogen-bond acceptors (Lipinski definition) is 2. The van der Waals surface area contributed by atoms with Gasteiger partial charge >= 0.3 is 0 Å². The van der Waals surface area contributed by atoms with Crippen molar-refractivity contribution in [3.8, 4) is 11.3 Å². The van der Waals surface area contributed by atoms with E-state index in [1.54, 1.807) is 0 Å². The average molecular weight is 367 g/mol. The van der Waals surface area contributed by atoms with Gasteiger partial charge in [0.1, 0.15) is 0 Å². The van der Waals surface area contributed by atoms with E-state index in [9.17, 15) is 0 Å². The lowest BCUT2D eigenvalue weighted by Crippen LogP contribution is -2.25. The average Bonchev–Trinajstić information content (AvgIpc) is 2.64. The number of benzene rings is 2. The van der Waals surface area contributed by atoms with E-state index in [4.69, 9.17) is 4.98 Å². The molecule has 0 amide bonds. The highest BCUT2D eigenvalue weighted by Crippen LogP contribution is 2.49. The summed E-state index contributed by atoms with van der Waals surface area (Å²) in [7, 11) is 0. The maximum absolute atomic E-state index is 4.94. The van der Waals surface area contributed by atoms with Crippen LogP contribution in [0.25, 0.3) is 32.9 Å². The molecule has 0 spiro atoms. The van der Waals surface area contributed by atoms with Gasteiger partial charge in [0.05, 0.1) is 11.2 Å². The zero-order valence-corrected chi connectivity index (χ0v) is 17.3. The van der Waals surface area contributed by atoms with Crippen LogP contribution >= 0.6 is 0 Å². The second-order valence-corrected chi connectivity index (χ2v) is 9.82. The van der Waals surface area contributed by atoms with Crippen molar-refractivity contribution in [2.24, 2.45) is 5.41 Å². The molecule has 28 heavy (non-hydrogen) atoms. The third kappa shape index (κ3) is 2.47. The highest BCUT2D eigenvalue weighted by molar-refractivity contribution is 6.04. The van der Waals surface area contributed by atoms with Crippen molar-refractivity contribution in [3.05, 3.63) is 71.5 Å². The maximum atomic E-state index is 4.94. The Balaban J connectivity index is 1.88. The number of aromatic nitrogens is 2. The molecule has 0 bridgehead atoms. The molecule has 2 aromatic carbocycles. The van der Waals surface area contributed by atoms with E-state index in [-0.39, 0.29) is 10.8 Å². The molecule has 2 heteroatoms. The molecular formula is C26H26N2. The number of rotatable bonds is 1. The first kappa shape index (κ1) is 17.4. The van der Waals surface area contributed by atoms with Crippen molar-refractivity contribution in [2.45, 2.75) is 46.5 Å². The minimum absolute atomic E-state index is 0.127. The molecule has 0 unspecified atom stereocenters. The molecule has 0 aliphatic heterocycles. The van der Waals surface area contributed by atoms with Gasteiger partial charge in [0.2, 0.25) is 0 Å². The summed E-state index contributed by atoms with van der Waals surface area (Å²) in [5.41, 5.74) is 7.58. The zero-order chi connectivity index (χ0) is 19.7. The molecule has 0 fully saturated rings. The van der Waals surface area contributed by atoms with Crippen LogP contribution in [0.2, 0.25) is 0 Å². The third-order valence-electron chi connectivity index (χ3n) is 6.01. The lowest BCUT2D eigenvalue weighted by atomic mass is 9.69. The molecule has 0 saturated heterocycles. The van der Waals surface area contributed by atoms with Crippen molar-refractivity contribution in [2.75, 3.05) is 0 Å². The summed E-state index contributed by atoms with van der Waals surface area (Å²) in [4.78, 5) is 9.56. The fourth-order valence-electron chi connectivity index (χ4n) is 4.88. The second-order valence-electron chi connectivity index (χ2n) is 9.82. The maximum Gasteiger partial charge on any atom is 0.0756 e. The van der Waals surface area contributed by atoms with Crippen LogP contribution in [0.1, 0.15) is 51.3 Å². The first-order valence-corrected chi connectivity index (χ1v) is 10.1. The number of fused-ring (bicyclic) bond motifs is 4. The van der Waals surface area contributed by atoms with Crippen molar-refractivity contribution in [1.82, 2.24) is 9.97 Å². The van der Waals surface area contributed by atoms with E-state index in [0.29, 0.717) is 0 Å². The molecule has 1 aliphatic rings. The van der Waals surface area contributed by atoms with Crippen LogP contribution < -0.4 is 0 Å². The number of nitrogens with zero attached hydrogens (tertiary/aromatic N) is 2. The van der Waals surface area contributed by atoms with E-state index < -0.39 is 0 Å². The Hall–Kier alpha value is -2.74. The minimum atomic E-state index is -0.127. The number of hydrogen-bond donors (Lipinski definition) is 0. The quantitative estimate of drug-likeness (QED) is 0.375. The Labute approximate surface area is 166 Å². The highest BCUT2D eigenvalue weighted by Gasteiger charge is 2.36. The lowest BCUT2D eigenvalue weighted by molar-refractivity contribution is 0.411. The van der Waals surface area contributed by atoms with Gasteiger partial charge in [-0.2, -0.15) is 0 Å². The van der Waals surface area contributed by atoms with Gasteiger partial charge in [0.25, 0.3) is 0 Å². The molecule has 2 aromatic heterocycles. The summed E-state index contributed by atoms with van der Waals surface area (Å²) in [5.74, 6) is 0. The van der Waals surface area contributed by atoms with Crippen LogP contribution in [0.5, 0.6) is 0 Å². The monoisotopic (exact) mass is 366 g/mol. The molecule has 5 rings (SSSR count). The van der Waals surface area contributed by atoms with Gasteiger partial charge in [-0.3, -0.25) is 9.97 Å². The summed E-state index contributed by atoms with van der Waals surface area (Å²) in [6.07, 6.45) is 5.01. The molecule has 0 atom stereocenters. The Kier molecular flexibility index (Phi) is 3.49. The van der Waals surface area contributed by atoms with Crippen LogP contribution in [-0.2, 0) is 11.8 Å². The Morgan fingerprint density at radius 2 is 1.79 bits per heavy atom. The molecule has 4 aromatic rings. The van der Waals surface area contributed by atoms with Crippen LogP contribution in [0, 0.1) is 5.41 Å². The Bertz CT molecular complexity index is 1240. The summed E-state index contributed by atoms with van der Waals surface area (Å²) < 4.78 is 0. The topological polar surface area (TPSA) is 25.8 Å². The van der Waals surface area contributed by atoms with Crippen molar-refractivity contribution in [3.63, 3.8) is 0 Å². The fraction of sp³-hybridized carbons (Fsp3) is 0.308. The molecule has 0 radical (unpaired) electrons. The third-order valence-corrected chi connectivity index (χ3v) is 6.01. The van der Waals surface area contributed by atoms with E-state index >= 15 is 0 Å². The van der Waals surface area contributed by atoms with Crippen LogP contribution in [0.3, 0.4) is 0 Å². The van der Waals surface area contributed by atoms with Gasteiger partial charge in [-0.15, -0.1) is 0 Å². The normalized spacial score (nSPS) is 15.0. The summed E-state index contributed by atoms with van der Waals surface area (Å²) >= 11 is 0. The van der Waals surface area contributed by atoms with Gasteiger partial charge in [-0.05, 0) is 46.0 Å². The molecule has 1 aliphatic carbocycles. The van der Waals surface area contributed by atoms with Gasteiger partial charge in [0.15, 0.2) is 0 Å². The van der Waals surface area contributed by atoms with E-state index in [1.165, 1.54) is 38.4 Å². The lowest BCUT2D eigenvalue weighted by Gasteiger charge is -2.35. The van der Waals surface area contributed by atoms with Crippen molar-refractivity contribution >= 4 is 21.7 Å². The van der Waals surface area contributed by atoms with Gasteiger partial charge in [0, 0.05) is 34.1 Å². The first-order valence-electron chi connectivity index (χ1n) is 10.1.